The van der Waals surface area contributed by atoms with E-state index in [-0.39, 0.29) is 33.8 Å². The number of hydrogen-bond acceptors (Lipinski definition) is 5. The Morgan fingerprint density at radius 3 is 1.05 bits per heavy atom. The average Bonchev–Trinajstić information content (AvgIpc) is 2.87. The normalized spacial score (nSPS) is 10.7. The SMILES string of the molecule is Cc1cc(C)c(C(=O)c2ccccc2C(=O)OC(=O)c2ccccc2C(=O)c2c(C)cc(C)cc2C)c(C)c1. The lowest BCUT2D eigenvalue weighted by atomic mass is 9.91. The first-order chi connectivity index (χ1) is 18.5. The Hall–Kier alpha value is -4.64. The summed E-state index contributed by atoms with van der Waals surface area (Å²) in [6.07, 6.45) is 0. The van der Waals surface area contributed by atoms with Gasteiger partial charge in [0.25, 0.3) is 0 Å². The lowest BCUT2D eigenvalue weighted by molar-refractivity contribution is 0.0394. The summed E-state index contributed by atoms with van der Waals surface area (Å²) in [7, 11) is 0. The van der Waals surface area contributed by atoms with Gasteiger partial charge in [0, 0.05) is 22.3 Å². The van der Waals surface area contributed by atoms with E-state index in [1.807, 2.05) is 65.8 Å². The van der Waals surface area contributed by atoms with E-state index >= 15 is 0 Å². The van der Waals surface area contributed by atoms with E-state index < -0.39 is 11.9 Å². The third-order valence-electron chi connectivity index (χ3n) is 6.78. The highest BCUT2D eigenvalue weighted by Gasteiger charge is 2.26. The number of esters is 2. The molecule has 0 amide bonds. The Morgan fingerprint density at radius 2 is 0.744 bits per heavy atom. The first-order valence-corrected chi connectivity index (χ1v) is 12.7. The van der Waals surface area contributed by atoms with Gasteiger partial charge < -0.3 is 4.74 Å². The maximum Gasteiger partial charge on any atom is 0.346 e. The van der Waals surface area contributed by atoms with Crippen LogP contribution in [0.25, 0.3) is 0 Å². The minimum absolute atomic E-state index is 0.0238. The first kappa shape index (κ1) is 27.4. The van der Waals surface area contributed by atoms with Crippen LogP contribution in [-0.4, -0.2) is 23.5 Å². The fourth-order valence-electron chi connectivity index (χ4n) is 5.26. The molecule has 0 aliphatic carbocycles. The molecule has 0 saturated carbocycles. The van der Waals surface area contributed by atoms with Crippen molar-refractivity contribution in [2.75, 3.05) is 0 Å². The second kappa shape index (κ2) is 11.0. The number of benzene rings is 4. The summed E-state index contributed by atoms with van der Waals surface area (Å²) in [6, 6.07) is 20.2. The highest BCUT2D eigenvalue weighted by atomic mass is 16.6. The fourth-order valence-corrected chi connectivity index (χ4v) is 5.26. The van der Waals surface area contributed by atoms with Gasteiger partial charge in [-0.3, -0.25) is 9.59 Å². The maximum absolute atomic E-state index is 13.5. The summed E-state index contributed by atoms with van der Waals surface area (Å²) in [5, 5.41) is 0. The minimum Gasteiger partial charge on any atom is -0.386 e. The molecule has 0 N–H and O–H groups in total. The molecule has 5 nitrogen and oxygen atoms in total. The van der Waals surface area contributed by atoms with Crippen molar-refractivity contribution in [3.63, 3.8) is 0 Å². The van der Waals surface area contributed by atoms with Gasteiger partial charge in [-0.15, -0.1) is 0 Å². The van der Waals surface area contributed by atoms with E-state index in [2.05, 4.69) is 0 Å². The monoisotopic (exact) mass is 518 g/mol. The van der Waals surface area contributed by atoms with Crippen molar-refractivity contribution in [2.45, 2.75) is 41.5 Å². The predicted molar refractivity (Wildman–Crippen MR) is 151 cm³/mol. The van der Waals surface area contributed by atoms with E-state index in [4.69, 9.17) is 4.74 Å². The van der Waals surface area contributed by atoms with Crippen LogP contribution in [-0.2, 0) is 4.74 Å². The molecule has 0 atom stereocenters. The quantitative estimate of drug-likeness (QED) is 0.156. The second-order valence-electron chi connectivity index (χ2n) is 9.97. The number of hydrogen-bond donors (Lipinski definition) is 0. The molecule has 0 bridgehead atoms. The Balaban J connectivity index is 1.67. The minimum atomic E-state index is -0.962. The molecule has 0 fully saturated rings. The zero-order valence-electron chi connectivity index (χ0n) is 23.0. The molecule has 0 spiro atoms. The van der Waals surface area contributed by atoms with Crippen molar-refractivity contribution < 1.29 is 23.9 Å². The second-order valence-corrected chi connectivity index (χ2v) is 9.97. The van der Waals surface area contributed by atoms with Crippen LogP contribution < -0.4 is 0 Å². The lowest BCUT2D eigenvalue weighted by Crippen LogP contribution is -2.19. The zero-order chi connectivity index (χ0) is 28.4. The number of ether oxygens (including phenoxy) is 1. The van der Waals surface area contributed by atoms with Gasteiger partial charge in [0.05, 0.1) is 11.1 Å². The number of carbonyl (C=O) groups is 4. The van der Waals surface area contributed by atoms with Gasteiger partial charge in [0.1, 0.15) is 0 Å². The van der Waals surface area contributed by atoms with Crippen LogP contribution in [0.5, 0.6) is 0 Å². The summed E-state index contributed by atoms with van der Waals surface area (Å²) < 4.78 is 5.25. The van der Waals surface area contributed by atoms with Gasteiger partial charge in [0.2, 0.25) is 0 Å². The lowest BCUT2D eigenvalue weighted by Gasteiger charge is -2.14. The molecular weight excluding hydrogens is 488 g/mol. The summed E-state index contributed by atoms with van der Waals surface area (Å²) in [4.78, 5) is 53.5. The van der Waals surface area contributed by atoms with E-state index in [1.54, 1.807) is 36.4 Å². The molecule has 0 aliphatic rings. The number of ketones is 2. The van der Waals surface area contributed by atoms with Crippen molar-refractivity contribution in [2.24, 2.45) is 0 Å². The number of carbonyl (C=O) groups excluding carboxylic acids is 4. The number of aryl methyl sites for hydroxylation is 6. The largest absolute Gasteiger partial charge is 0.386 e. The molecule has 0 unspecified atom stereocenters. The summed E-state index contributed by atoms with van der Waals surface area (Å²) in [5.74, 6) is -2.58. The summed E-state index contributed by atoms with van der Waals surface area (Å²) >= 11 is 0. The highest BCUT2D eigenvalue weighted by Crippen LogP contribution is 2.25. The van der Waals surface area contributed by atoms with Gasteiger partial charge in [-0.2, -0.15) is 0 Å². The van der Waals surface area contributed by atoms with Gasteiger partial charge in [0.15, 0.2) is 11.6 Å². The first-order valence-electron chi connectivity index (χ1n) is 12.7. The van der Waals surface area contributed by atoms with Crippen LogP contribution in [0.3, 0.4) is 0 Å². The molecule has 0 saturated heterocycles. The van der Waals surface area contributed by atoms with Gasteiger partial charge in [-0.1, -0.05) is 71.8 Å². The Kier molecular flexibility index (Phi) is 7.73. The molecule has 196 valence electrons. The summed E-state index contributed by atoms with van der Waals surface area (Å²) in [5.41, 5.74) is 6.50. The highest BCUT2D eigenvalue weighted by molar-refractivity contribution is 6.19. The van der Waals surface area contributed by atoms with Gasteiger partial charge in [-0.05, 0) is 75.9 Å². The van der Waals surface area contributed by atoms with Crippen molar-refractivity contribution in [3.8, 4) is 0 Å². The van der Waals surface area contributed by atoms with Crippen LogP contribution >= 0.6 is 0 Å². The smallest absolute Gasteiger partial charge is 0.346 e. The maximum atomic E-state index is 13.5. The third kappa shape index (κ3) is 5.48. The summed E-state index contributed by atoms with van der Waals surface area (Å²) in [6.45, 7) is 11.3. The van der Waals surface area contributed by atoms with Gasteiger partial charge >= 0.3 is 11.9 Å². The average molecular weight is 519 g/mol. The zero-order valence-corrected chi connectivity index (χ0v) is 23.0. The van der Waals surface area contributed by atoms with E-state index in [1.165, 1.54) is 12.1 Å². The molecular formula is C34H30O5. The molecule has 0 aliphatic heterocycles. The molecule has 4 aromatic rings. The molecule has 4 rings (SSSR count). The predicted octanol–water partition coefficient (Wildman–Crippen LogP) is 7.00. The molecule has 4 aromatic carbocycles. The van der Waals surface area contributed by atoms with E-state index in [9.17, 15) is 19.2 Å². The van der Waals surface area contributed by atoms with Crippen LogP contribution in [0.2, 0.25) is 0 Å². The van der Waals surface area contributed by atoms with Crippen molar-refractivity contribution in [1.82, 2.24) is 0 Å². The standard InChI is InChI=1S/C34H30O5/c1-19-15-21(3)29(22(4)16-19)31(35)25-11-7-9-13-27(25)33(37)39-34(38)28-14-10-8-12-26(28)32(36)30-23(5)17-20(2)18-24(30)6/h7-18H,1-6H3. The molecule has 0 heterocycles. The topological polar surface area (TPSA) is 77.5 Å². The number of rotatable bonds is 6. The Morgan fingerprint density at radius 1 is 0.462 bits per heavy atom. The van der Waals surface area contributed by atoms with Crippen LogP contribution in [0.15, 0.2) is 72.8 Å². The van der Waals surface area contributed by atoms with Crippen molar-refractivity contribution >= 4 is 23.5 Å². The third-order valence-corrected chi connectivity index (χ3v) is 6.78. The Labute approximate surface area is 228 Å². The molecule has 0 radical (unpaired) electrons. The van der Waals surface area contributed by atoms with Gasteiger partial charge in [-0.25, -0.2) is 9.59 Å². The molecule has 0 aromatic heterocycles. The molecule has 5 heteroatoms. The van der Waals surface area contributed by atoms with Crippen LogP contribution in [0, 0.1) is 41.5 Å². The fraction of sp³-hybridized carbons (Fsp3) is 0.176. The van der Waals surface area contributed by atoms with Crippen molar-refractivity contribution in [3.05, 3.63) is 140 Å². The Bertz CT molecular complexity index is 1490. The van der Waals surface area contributed by atoms with Crippen LogP contribution in [0.1, 0.15) is 85.9 Å². The molecule has 39 heavy (non-hydrogen) atoms. The van der Waals surface area contributed by atoms with E-state index in [0.717, 1.165) is 33.4 Å². The van der Waals surface area contributed by atoms with E-state index in [0.29, 0.717) is 11.1 Å². The van der Waals surface area contributed by atoms with Crippen LogP contribution in [0.4, 0.5) is 0 Å². The van der Waals surface area contributed by atoms with Crippen molar-refractivity contribution in [1.29, 1.82) is 0 Å².